The van der Waals surface area contributed by atoms with E-state index in [-0.39, 0.29) is 18.3 Å². The fraction of sp³-hybridized carbons (Fsp3) is 0.476. The van der Waals surface area contributed by atoms with Crippen LogP contribution in [0.1, 0.15) is 52.3 Å². The molecule has 0 bridgehead atoms. The van der Waals surface area contributed by atoms with Gasteiger partial charge in [-0.1, -0.05) is 0 Å². The van der Waals surface area contributed by atoms with Crippen LogP contribution in [0, 0.1) is 13.8 Å². The zero-order valence-corrected chi connectivity index (χ0v) is 19.0. The Morgan fingerprint density at radius 3 is 2.83 bits per heavy atom. The summed E-state index contributed by atoms with van der Waals surface area (Å²) in [6.07, 6.45) is 2.44. The minimum atomic E-state index is 0. The maximum Gasteiger partial charge on any atom is 0.272 e. The lowest BCUT2D eigenvalue weighted by atomic mass is 10.1. The van der Waals surface area contributed by atoms with Crippen LogP contribution in [0.2, 0.25) is 0 Å². The van der Waals surface area contributed by atoms with Crippen LogP contribution in [-0.4, -0.2) is 51.7 Å². The summed E-state index contributed by atoms with van der Waals surface area (Å²) in [5.41, 5.74) is 2.66. The van der Waals surface area contributed by atoms with Gasteiger partial charge in [-0.3, -0.25) is 9.89 Å². The van der Waals surface area contributed by atoms with Gasteiger partial charge in [0, 0.05) is 58.3 Å². The first-order valence-electron chi connectivity index (χ1n) is 10.3. The first-order valence-corrected chi connectivity index (χ1v) is 11.1. The molecule has 1 saturated carbocycles. The minimum Gasteiger partial charge on any atom is -0.334 e. The van der Waals surface area contributed by atoms with E-state index in [9.17, 15) is 4.79 Å². The summed E-state index contributed by atoms with van der Waals surface area (Å²) in [5.74, 6) is 2.07. The highest BCUT2D eigenvalue weighted by atomic mass is 35.5. The first-order chi connectivity index (χ1) is 14.0. The number of halogens is 1. The summed E-state index contributed by atoms with van der Waals surface area (Å²) >= 11 is 1.71. The summed E-state index contributed by atoms with van der Waals surface area (Å²) in [5, 5.41) is 15.3. The van der Waals surface area contributed by atoms with Gasteiger partial charge in [-0.05, 0) is 45.2 Å². The fourth-order valence-electron chi connectivity index (χ4n) is 4.03. The maximum atomic E-state index is 13.3. The number of piperazine rings is 1. The summed E-state index contributed by atoms with van der Waals surface area (Å²) < 4.78 is 1.12. The molecule has 160 valence electrons. The number of pyridine rings is 1. The van der Waals surface area contributed by atoms with Crippen LogP contribution in [0.5, 0.6) is 0 Å². The third kappa shape index (κ3) is 3.91. The van der Waals surface area contributed by atoms with E-state index in [1.54, 1.807) is 11.3 Å². The molecule has 2 aliphatic rings. The van der Waals surface area contributed by atoms with E-state index in [2.05, 4.69) is 46.8 Å². The Kier molecular flexibility index (Phi) is 5.74. The van der Waals surface area contributed by atoms with Crippen molar-refractivity contribution < 1.29 is 4.79 Å². The second-order valence-corrected chi connectivity index (χ2v) is 9.50. The number of aryl methyl sites for hydroxylation is 2. The number of fused-ring (bicyclic) bond motifs is 1. The van der Waals surface area contributed by atoms with E-state index >= 15 is 0 Å². The van der Waals surface area contributed by atoms with Crippen molar-refractivity contribution in [1.29, 1.82) is 0 Å². The Morgan fingerprint density at radius 2 is 2.10 bits per heavy atom. The third-order valence-electron chi connectivity index (χ3n) is 5.75. The first kappa shape index (κ1) is 21.1. The zero-order valence-electron chi connectivity index (χ0n) is 17.4. The van der Waals surface area contributed by atoms with Gasteiger partial charge < -0.3 is 15.5 Å². The van der Waals surface area contributed by atoms with Crippen LogP contribution < -0.4 is 10.6 Å². The van der Waals surface area contributed by atoms with Crippen LogP contribution in [-0.2, 0) is 0 Å². The number of hydrogen-bond acceptors (Lipinski definition) is 6. The van der Waals surface area contributed by atoms with E-state index in [1.165, 1.54) is 23.4 Å². The lowest BCUT2D eigenvalue weighted by molar-refractivity contribution is 0.0702. The molecule has 1 saturated heterocycles. The lowest BCUT2D eigenvalue weighted by Gasteiger charge is -2.32. The van der Waals surface area contributed by atoms with E-state index < -0.39 is 0 Å². The predicted molar refractivity (Wildman–Crippen MR) is 124 cm³/mol. The fourth-order valence-corrected chi connectivity index (χ4v) is 5.04. The number of anilines is 2. The topological polar surface area (TPSA) is 85.9 Å². The van der Waals surface area contributed by atoms with Crippen molar-refractivity contribution in [2.75, 3.05) is 25.0 Å². The number of carbonyl (C=O) groups excluding carboxylic acids is 1. The quantitative estimate of drug-likeness (QED) is 0.561. The number of H-pyrrole nitrogens is 1. The zero-order chi connectivity index (χ0) is 20.1. The molecule has 1 atom stereocenters. The van der Waals surface area contributed by atoms with Gasteiger partial charge in [0.2, 0.25) is 0 Å². The molecule has 0 spiro atoms. The highest BCUT2D eigenvalue weighted by Gasteiger charge is 2.27. The van der Waals surface area contributed by atoms with Crippen LogP contribution in [0.4, 0.5) is 11.6 Å². The number of nitrogens with one attached hydrogen (secondary N) is 3. The van der Waals surface area contributed by atoms with Crippen molar-refractivity contribution in [3.8, 4) is 0 Å². The van der Waals surface area contributed by atoms with E-state index in [0.717, 1.165) is 28.0 Å². The molecule has 2 fully saturated rings. The molecular formula is C21H27ClN6OS. The molecule has 4 heterocycles. The Labute approximate surface area is 186 Å². The molecule has 1 aliphatic carbocycles. The normalized spacial score (nSPS) is 19.0. The number of rotatable bonds is 4. The number of aromatic nitrogens is 3. The van der Waals surface area contributed by atoms with Crippen molar-refractivity contribution in [1.82, 2.24) is 25.4 Å². The Morgan fingerprint density at radius 1 is 1.30 bits per heavy atom. The molecule has 1 amide bonds. The molecule has 3 N–H and O–H groups in total. The van der Waals surface area contributed by atoms with Gasteiger partial charge in [-0.25, -0.2) is 4.98 Å². The van der Waals surface area contributed by atoms with Gasteiger partial charge in [-0.2, -0.15) is 5.10 Å². The predicted octanol–water partition coefficient (Wildman–Crippen LogP) is 4.11. The highest BCUT2D eigenvalue weighted by molar-refractivity contribution is 7.19. The highest BCUT2D eigenvalue weighted by Crippen LogP contribution is 2.40. The number of thiophene rings is 1. The van der Waals surface area contributed by atoms with E-state index in [1.807, 2.05) is 11.8 Å². The molecule has 3 aromatic heterocycles. The molecule has 7 nitrogen and oxygen atoms in total. The number of hydrogen-bond donors (Lipinski definition) is 3. The largest absolute Gasteiger partial charge is 0.334 e. The number of amides is 1. The van der Waals surface area contributed by atoms with Gasteiger partial charge in [0.15, 0.2) is 5.82 Å². The molecule has 5 rings (SSSR count). The van der Waals surface area contributed by atoms with Crippen LogP contribution in [0.25, 0.3) is 10.1 Å². The minimum absolute atomic E-state index is 0. The van der Waals surface area contributed by atoms with Gasteiger partial charge in [0.25, 0.3) is 5.91 Å². The molecule has 9 heteroatoms. The van der Waals surface area contributed by atoms with Gasteiger partial charge in [0.05, 0.1) is 0 Å². The number of aromatic amines is 1. The Hall–Kier alpha value is -2.16. The van der Waals surface area contributed by atoms with Crippen molar-refractivity contribution >= 4 is 51.4 Å². The Bertz CT molecular complexity index is 1090. The second kappa shape index (κ2) is 8.17. The van der Waals surface area contributed by atoms with Crippen molar-refractivity contribution in [2.45, 2.75) is 45.6 Å². The summed E-state index contributed by atoms with van der Waals surface area (Å²) in [7, 11) is 0. The molecule has 1 aliphatic heterocycles. The second-order valence-electron chi connectivity index (χ2n) is 8.25. The van der Waals surface area contributed by atoms with E-state index in [4.69, 9.17) is 4.98 Å². The SMILES string of the molecule is Cc1cc2c(Nc3cc(C4CC4)[nH]n3)nc(C(=O)N3CCN[C@H](C)C3)c(C)c2s1.Cl. The van der Waals surface area contributed by atoms with Crippen molar-refractivity contribution in [2.24, 2.45) is 0 Å². The van der Waals surface area contributed by atoms with Crippen molar-refractivity contribution in [3.05, 3.63) is 34.0 Å². The monoisotopic (exact) mass is 446 g/mol. The average Bonchev–Trinajstić information content (AvgIpc) is 3.31. The van der Waals surface area contributed by atoms with Gasteiger partial charge >= 0.3 is 0 Å². The van der Waals surface area contributed by atoms with Gasteiger partial charge in [-0.15, -0.1) is 23.7 Å². The molecule has 0 unspecified atom stereocenters. The smallest absolute Gasteiger partial charge is 0.272 e. The van der Waals surface area contributed by atoms with Crippen LogP contribution in [0.15, 0.2) is 12.1 Å². The summed E-state index contributed by atoms with van der Waals surface area (Å²) in [4.78, 5) is 21.2. The van der Waals surface area contributed by atoms with Crippen LogP contribution in [0.3, 0.4) is 0 Å². The van der Waals surface area contributed by atoms with Crippen LogP contribution >= 0.6 is 23.7 Å². The molecule has 3 aromatic rings. The maximum absolute atomic E-state index is 13.3. The van der Waals surface area contributed by atoms with E-state index in [0.29, 0.717) is 36.6 Å². The number of carbonyl (C=O) groups is 1. The van der Waals surface area contributed by atoms with Crippen molar-refractivity contribution in [3.63, 3.8) is 0 Å². The van der Waals surface area contributed by atoms with Gasteiger partial charge in [0.1, 0.15) is 11.5 Å². The average molecular weight is 447 g/mol. The molecule has 30 heavy (non-hydrogen) atoms. The third-order valence-corrected chi connectivity index (χ3v) is 6.92. The lowest BCUT2D eigenvalue weighted by Crippen LogP contribution is -2.51. The standard InChI is InChI=1S/C21H26N6OS.ClH/c1-11-10-27(7-6-22-11)21(28)18-13(3)19-15(8-12(2)29-19)20(24-18)23-17-9-16(25-26-17)14-4-5-14;/h8-9,11,14,22H,4-7,10H2,1-3H3,(H2,23,24,25,26);1H/t11-;/m1./s1. The summed E-state index contributed by atoms with van der Waals surface area (Å²) in [6, 6.07) is 4.49. The summed E-state index contributed by atoms with van der Waals surface area (Å²) in [6.45, 7) is 8.43. The molecule has 0 radical (unpaired) electrons. The molecular weight excluding hydrogens is 420 g/mol. The number of nitrogens with zero attached hydrogens (tertiary/aromatic N) is 3. The molecule has 0 aromatic carbocycles. The Balaban J connectivity index is 0.00000218.